The number of carbonyl (C=O) groups excluding carboxylic acids is 1. The van der Waals surface area contributed by atoms with Gasteiger partial charge in [0.1, 0.15) is 0 Å². The van der Waals surface area contributed by atoms with Crippen LogP contribution in [0.5, 0.6) is 0 Å². The van der Waals surface area contributed by atoms with Crippen LogP contribution in [0.3, 0.4) is 0 Å². The number of anilines is 1. The third-order valence-electron chi connectivity index (χ3n) is 3.94. The average molecular weight is 331 g/mol. The van der Waals surface area contributed by atoms with Crippen molar-refractivity contribution in [3.8, 4) is 0 Å². The number of benzene rings is 2. The normalized spacial score (nSPS) is 12.0. The van der Waals surface area contributed by atoms with E-state index in [4.69, 9.17) is 11.6 Å². The standard InChI is InChI=1S/C19H23ClN2O/c1-4-15-7-5-6-13(2)19(15)22-18(23)12-21-14(3)16-8-10-17(20)11-9-16/h5-11,14,21H,4,12H2,1-3H3,(H,22,23)/t14-/m1/s1. The lowest BCUT2D eigenvalue weighted by molar-refractivity contribution is -0.115. The van der Waals surface area contributed by atoms with Gasteiger partial charge in [0.15, 0.2) is 0 Å². The maximum Gasteiger partial charge on any atom is 0.238 e. The molecule has 0 aromatic heterocycles. The van der Waals surface area contributed by atoms with Gasteiger partial charge < -0.3 is 10.6 Å². The maximum atomic E-state index is 12.2. The van der Waals surface area contributed by atoms with Crippen LogP contribution in [0.4, 0.5) is 5.69 Å². The fraction of sp³-hybridized carbons (Fsp3) is 0.316. The molecule has 0 heterocycles. The van der Waals surface area contributed by atoms with Gasteiger partial charge in [-0.05, 0) is 49.1 Å². The quantitative estimate of drug-likeness (QED) is 0.818. The lowest BCUT2D eigenvalue weighted by Gasteiger charge is -2.16. The fourth-order valence-electron chi connectivity index (χ4n) is 2.50. The Morgan fingerprint density at radius 3 is 2.52 bits per heavy atom. The first-order valence-electron chi connectivity index (χ1n) is 7.88. The Bertz CT molecular complexity index is 668. The van der Waals surface area contributed by atoms with Gasteiger partial charge in [-0.25, -0.2) is 0 Å². The molecule has 2 aromatic carbocycles. The second-order valence-corrected chi connectivity index (χ2v) is 6.10. The number of aryl methyl sites for hydroxylation is 2. The smallest absolute Gasteiger partial charge is 0.238 e. The van der Waals surface area contributed by atoms with E-state index < -0.39 is 0 Å². The summed E-state index contributed by atoms with van der Waals surface area (Å²) in [4.78, 5) is 12.2. The summed E-state index contributed by atoms with van der Waals surface area (Å²) < 4.78 is 0. The fourth-order valence-corrected chi connectivity index (χ4v) is 2.63. The molecule has 0 unspecified atom stereocenters. The first kappa shape index (κ1) is 17.5. The second kappa shape index (κ2) is 8.14. The molecule has 0 saturated heterocycles. The summed E-state index contributed by atoms with van der Waals surface area (Å²) in [5.41, 5.74) is 4.28. The zero-order chi connectivity index (χ0) is 16.8. The molecule has 0 bridgehead atoms. The van der Waals surface area contributed by atoms with E-state index in [1.807, 2.05) is 56.3 Å². The summed E-state index contributed by atoms with van der Waals surface area (Å²) in [5.74, 6) is -0.0326. The third-order valence-corrected chi connectivity index (χ3v) is 4.20. The van der Waals surface area contributed by atoms with E-state index in [-0.39, 0.29) is 18.5 Å². The van der Waals surface area contributed by atoms with Gasteiger partial charge in [0.05, 0.1) is 6.54 Å². The van der Waals surface area contributed by atoms with Crippen LogP contribution in [-0.2, 0) is 11.2 Å². The molecule has 4 heteroatoms. The van der Waals surface area contributed by atoms with E-state index in [1.54, 1.807) is 0 Å². The molecule has 3 nitrogen and oxygen atoms in total. The van der Waals surface area contributed by atoms with Crippen LogP contribution >= 0.6 is 11.6 Å². The molecule has 2 aromatic rings. The molecule has 0 spiro atoms. The Balaban J connectivity index is 1.94. The minimum atomic E-state index is -0.0326. The van der Waals surface area contributed by atoms with E-state index >= 15 is 0 Å². The Kier molecular flexibility index (Phi) is 6.20. The number of hydrogen-bond donors (Lipinski definition) is 2. The lowest BCUT2D eigenvalue weighted by Crippen LogP contribution is -2.30. The number of nitrogens with one attached hydrogen (secondary N) is 2. The molecule has 2 N–H and O–H groups in total. The molecule has 1 amide bonds. The predicted molar refractivity (Wildman–Crippen MR) is 97.1 cm³/mol. The van der Waals surface area contributed by atoms with E-state index in [0.717, 1.165) is 28.8 Å². The van der Waals surface area contributed by atoms with E-state index in [1.165, 1.54) is 0 Å². The van der Waals surface area contributed by atoms with Gasteiger partial charge in [0.2, 0.25) is 5.91 Å². The molecule has 0 aliphatic heterocycles. The van der Waals surface area contributed by atoms with Gasteiger partial charge in [-0.2, -0.15) is 0 Å². The number of para-hydroxylation sites is 1. The van der Waals surface area contributed by atoms with Crippen molar-refractivity contribution >= 4 is 23.2 Å². The molecule has 0 fully saturated rings. The zero-order valence-electron chi connectivity index (χ0n) is 13.8. The lowest BCUT2D eigenvalue weighted by atomic mass is 10.1. The van der Waals surface area contributed by atoms with Gasteiger partial charge >= 0.3 is 0 Å². The molecule has 0 aliphatic carbocycles. The molecule has 0 saturated carbocycles. The van der Waals surface area contributed by atoms with Crippen LogP contribution in [0, 0.1) is 6.92 Å². The highest BCUT2D eigenvalue weighted by molar-refractivity contribution is 6.30. The molecular formula is C19H23ClN2O. The van der Waals surface area contributed by atoms with Gasteiger partial charge in [0, 0.05) is 16.8 Å². The number of rotatable bonds is 6. The number of carbonyl (C=O) groups is 1. The van der Waals surface area contributed by atoms with Gasteiger partial charge in [-0.3, -0.25) is 4.79 Å². The van der Waals surface area contributed by atoms with Gasteiger partial charge in [-0.15, -0.1) is 0 Å². The number of hydrogen-bond acceptors (Lipinski definition) is 2. The van der Waals surface area contributed by atoms with Crippen LogP contribution in [0.1, 0.15) is 36.6 Å². The maximum absolute atomic E-state index is 12.2. The van der Waals surface area contributed by atoms with E-state index in [2.05, 4.69) is 17.6 Å². The largest absolute Gasteiger partial charge is 0.324 e. The Morgan fingerprint density at radius 2 is 1.87 bits per heavy atom. The third kappa shape index (κ3) is 4.81. The van der Waals surface area contributed by atoms with Crippen molar-refractivity contribution in [2.45, 2.75) is 33.2 Å². The zero-order valence-corrected chi connectivity index (χ0v) is 14.6. The van der Waals surface area contributed by atoms with Gasteiger partial charge in [0.25, 0.3) is 0 Å². The molecule has 122 valence electrons. The van der Waals surface area contributed by atoms with Crippen molar-refractivity contribution in [1.82, 2.24) is 5.32 Å². The Hall–Kier alpha value is -1.84. The Morgan fingerprint density at radius 1 is 1.17 bits per heavy atom. The molecule has 0 radical (unpaired) electrons. The van der Waals surface area contributed by atoms with Crippen LogP contribution in [-0.4, -0.2) is 12.5 Å². The van der Waals surface area contributed by atoms with Crippen molar-refractivity contribution in [3.63, 3.8) is 0 Å². The predicted octanol–water partition coefficient (Wildman–Crippen LogP) is 4.50. The molecule has 1 atom stereocenters. The Labute approximate surface area is 143 Å². The van der Waals surface area contributed by atoms with E-state index in [9.17, 15) is 4.79 Å². The number of halogens is 1. The molecule has 23 heavy (non-hydrogen) atoms. The van der Waals surface area contributed by atoms with Crippen molar-refractivity contribution < 1.29 is 4.79 Å². The highest BCUT2D eigenvalue weighted by atomic mass is 35.5. The van der Waals surface area contributed by atoms with Crippen LogP contribution in [0.15, 0.2) is 42.5 Å². The van der Waals surface area contributed by atoms with Crippen LogP contribution in [0.25, 0.3) is 0 Å². The van der Waals surface area contributed by atoms with Gasteiger partial charge in [-0.1, -0.05) is 48.9 Å². The van der Waals surface area contributed by atoms with Crippen molar-refractivity contribution in [2.24, 2.45) is 0 Å². The summed E-state index contributed by atoms with van der Waals surface area (Å²) >= 11 is 5.89. The summed E-state index contributed by atoms with van der Waals surface area (Å²) in [5, 5.41) is 6.98. The summed E-state index contributed by atoms with van der Waals surface area (Å²) in [7, 11) is 0. The van der Waals surface area contributed by atoms with Crippen molar-refractivity contribution in [3.05, 3.63) is 64.2 Å². The highest BCUT2D eigenvalue weighted by Gasteiger charge is 2.11. The molecule has 0 aliphatic rings. The second-order valence-electron chi connectivity index (χ2n) is 5.66. The van der Waals surface area contributed by atoms with Crippen LogP contribution in [0.2, 0.25) is 5.02 Å². The summed E-state index contributed by atoms with van der Waals surface area (Å²) in [6.45, 7) is 6.40. The van der Waals surface area contributed by atoms with Crippen molar-refractivity contribution in [2.75, 3.05) is 11.9 Å². The SMILES string of the molecule is CCc1cccc(C)c1NC(=O)CN[C@H](C)c1ccc(Cl)cc1. The summed E-state index contributed by atoms with van der Waals surface area (Å²) in [6.07, 6.45) is 0.895. The minimum absolute atomic E-state index is 0.0326. The van der Waals surface area contributed by atoms with Crippen molar-refractivity contribution in [1.29, 1.82) is 0 Å². The van der Waals surface area contributed by atoms with E-state index in [0.29, 0.717) is 5.02 Å². The van der Waals surface area contributed by atoms with Crippen LogP contribution < -0.4 is 10.6 Å². The first-order chi connectivity index (χ1) is 11.0. The highest BCUT2D eigenvalue weighted by Crippen LogP contribution is 2.21. The monoisotopic (exact) mass is 330 g/mol. The summed E-state index contributed by atoms with van der Waals surface area (Å²) in [6, 6.07) is 13.8. The first-order valence-corrected chi connectivity index (χ1v) is 8.26. The topological polar surface area (TPSA) is 41.1 Å². The minimum Gasteiger partial charge on any atom is -0.324 e. The molecule has 2 rings (SSSR count). The average Bonchev–Trinajstić information content (AvgIpc) is 2.55. The molecular weight excluding hydrogens is 308 g/mol. The number of amides is 1.